The second kappa shape index (κ2) is 17.0. The summed E-state index contributed by atoms with van der Waals surface area (Å²) in [4.78, 5) is 11.8. The summed E-state index contributed by atoms with van der Waals surface area (Å²) in [7, 11) is 0. The molecule has 0 spiro atoms. The van der Waals surface area contributed by atoms with Crippen LogP contribution < -0.4 is 0 Å². The van der Waals surface area contributed by atoms with Crippen LogP contribution >= 0.6 is 0 Å². The van der Waals surface area contributed by atoms with Crippen LogP contribution in [0.4, 0.5) is 4.39 Å². The van der Waals surface area contributed by atoms with Gasteiger partial charge in [0.2, 0.25) is 0 Å². The molecule has 0 aromatic rings. The van der Waals surface area contributed by atoms with E-state index < -0.39 is 17.7 Å². The number of ether oxygens (including phenoxy) is 1. The summed E-state index contributed by atoms with van der Waals surface area (Å²) in [6.45, 7) is 11.3. The Morgan fingerprint density at radius 2 is 1.18 bits per heavy atom. The van der Waals surface area contributed by atoms with Crippen molar-refractivity contribution >= 4 is 5.97 Å². The lowest BCUT2D eigenvalue weighted by atomic mass is 9.87. The summed E-state index contributed by atoms with van der Waals surface area (Å²) in [6, 6.07) is 0. The normalized spacial score (nSPS) is 14.5. The Balaban J connectivity index is 4.14. The standard InChI is InChI=1S/C25H47FO2/c1-6-8-10-11-12-13-14-15-16-17-19-21-25(26,20-18-9-7-2)23(5)28-24(27)22(3)4/h23H,3,6-21H2,1-2,4-5H3. The zero-order valence-electron chi connectivity index (χ0n) is 19.3. The van der Waals surface area contributed by atoms with Crippen molar-refractivity contribution in [1.82, 2.24) is 0 Å². The number of carbonyl (C=O) groups is 1. The molecule has 28 heavy (non-hydrogen) atoms. The van der Waals surface area contributed by atoms with Gasteiger partial charge in [0, 0.05) is 5.57 Å². The molecule has 166 valence electrons. The van der Waals surface area contributed by atoms with E-state index in [1.165, 1.54) is 57.8 Å². The van der Waals surface area contributed by atoms with Crippen LogP contribution in [0.25, 0.3) is 0 Å². The number of esters is 1. The number of rotatable bonds is 19. The maximum absolute atomic E-state index is 15.6. The minimum absolute atomic E-state index is 0.331. The molecule has 2 nitrogen and oxygen atoms in total. The first-order chi connectivity index (χ1) is 13.4. The lowest BCUT2D eigenvalue weighted by Gasteiger charge is -2.31. The van der Waals surface area contributed by atoms with Crippen molar-refractivity contribution in [2.24, 2.45) is 0 Å². The van der Waals surface area contributed by atoms with Crippen LogP contribution in [0.15, 0.2) is 12.2 Å². The third kappa shape index (κ3) is 13.3. The van der Waals surface area contributed by atoms with Crippen molar-refractivity contribution in [2.75, 3.05) is 0 Å². The largest absolute Gasteiger partial charge is 0.456 e. The van der Waals surface area contributed by atoms with Crippen LogP contribution in [0.1, 0.15) is 130 Å². The highest BCUT2D eigenvalue weighted by Crippen LogP contribution is 2.32. The van der Waals surface area contributed by atoms with Crippen LogP contribution in [0.5, 0.6) is 0 Å². The predicted molar refractivity (Wildman–Crippen MR) is 119 cm³/mol. The third-order valence-electron chi connectivity index (χ3n) is 5.75. The molecule has 0 aromatic heterocycles. The molecule has 0 aliphatic heterocycles. The molecule has 3 heteroatoms. The van der Waals surface area contributed by atoms with Gasteiger partial charge in [-0.2, -0.15) is 0 Å². The van der Waals surface area contributed by atoms with E-state index in [4.69, 9.17) is 4.74 Å². The average Bonchev–Trinajstić information content (AvgIpc) is 2.66. The van der Waals surface area contributed by atoms with E-state index in [0.717, 1.165) is 32.1 Å². The molecule has 0 bridgehead atoms. The summed E-state index contributed by atoms with van der Waals surface area (Å²) in [5.74, 6) is -0.482. The Bertz CT molecular complexity index is 407. The topological polar surface area (TPSA) is 26.3 Å². The first-order valence-corrected chi connectivity index (χ1v) is 11.9. The minimum Gasteiger partial charge on any atom is -0.456 e. The molecule has 0 aliphatic rings. The van der Waals surface area contributed by atoms with E-state index in [1.54, 1.807) is 13.8 Å². The Labute approximate surface area is 174 Å². The first kappa shape index (κ1) is 27.1. The maximum Gasteiger partial charge on any atom is 0.333 e. The van der Waals surface area contributed by atoms with Gasteiger partial charge in [-0.3, -0.25) is 0 Å². The van der Waals surface area contributed by atoms with Crippen molar-refractivity contribution in [3.63, 3.8) is 0 Å². The van der Waals surface area contributed by atoms with Gasteiger partial charge >= 0.3 is 5.97 Å². The molecular formula is C25H47FO2. The van der Waals surface area contributed by atoms with Gasteiger partial charge in [0.15, 0.2) is 0 Å². The number of unbranched alkanes of at least 4 members (excludes halogenated alkanes) is 12. The summed E-state index contributed by atoms with van der Waals surface area (Å²) in [5.41, 5.74) is -1.09. The number of halogens is 1. The van der Waals surface area contributed by atoms with E-state index in [0.29, 0.717) is 18.4 Å². The van der Waals surface area contributed by atoms with E-state index in [1.807, 2.05) is 0 Å². The summed E-state index contributed by atoms with van der Waals surface area (Å²) >= 11 is 0. The van der Waals surface area contributed by atoms with Crippen molar-refractivity contribution in [3.05, 3.63) is 12.2 Å². The molecule has 0 saturated carbocycles. The van der Waals surface area contributed by atoms with Gasteiger partial charge in [0.05, 0.1) is 0 Å². The molecule has 0 heterocycles. The van der Waals surface area contributed by atoms with Gasteiger partial charge in [-0.05, 0) is 26.7 Å². The zero-order chi connectivity index (χ0) is 21.3. The van der Waals surface area contributed by atoms with Crippen molar-refractivity contribution in [2.45, 2.75) is 142 Å². The molecule has 0 radical (unpaired) electrons. The van der Waals surface area contributed by atoms with Gasteiger partial charge < -0.3 is 4.74 Å². The smallest absolute Gasteiger partial charge is 0.333 e. The van der Waals surface area contributed by atoms with Gasteiger partial charge in [0.25, 0.3) is 0 Å². The van der Waals surface area contributed by atoms with Gasteiger partial charge in [-0.1, -0.05) is 110 Å². The molecule has 0 saturated heterocycles. The highest BCUT2D eigenvalue weighted by molar-refractivity contribution is 5.87. The summed E-state index contributed by atoms with van der Waals surface area (Å²) < 4.78 is 20.9. The number of carbonyl (C=O) groups excluding carboxylic acids is 1. The summed E-state index contributed by atoms with van der Waals surface area (Å²) in [5, 5.41) is 0. The third-order valence-corrected chi connectivity index (χ3v) is 5.75. The highest BCUT2D eigenvalue weighted by atomic mass is 19.1. The van der Waals surface area contributed by atoms with E-state index in [9.17, 15) is 4.79 Å². The summed E-state index contributed by atoms with van der Waals surface area (Å²) in [6.07, 6.45) is 17.0. The molecule has 0 fully saturated rings. The lowest BCUT2D eigenvalue weighted by Crippen LogP contribution is -2.39. The fourth-order valence-electron chi connectivity index (χ4n) is 3.65. The van der Waals surface area contributed by atoms with Crippen LogP contribution in [-0.2, 0) is 9.53 Å². The van der Waals surface area contributed by atoms with E-state index in [2.05, 4.69) is 20.4 Å². The average molecular weight is 399 g/mol. The molecule has 0 aromatic carbocycles. The molecule has 0 amide bonds. The van der Waals surface area contributed by atoms with E-state index >= 15 is 4.39 Å². The SMILES string of the molecule is C=C(C)C(=O)OC(C)C(F)(CCCCC)CCCCCCCCCCCCC. The second-order valence-corrected chi connectivity index (χ2v) is 8.61. The number of hydrogen-bond acceptors (Lipinski definition) is 2. The van der Waals surface area contributed by atoms with Gasteiger partial charge in [-0.15, -0.1) is 0 Å². The fraction of sp³-hybridized carbons (Fsp3) is 0.880. The Kier molecular flexibility index (Phi) is 16.5. The lowest BCUT2D eigenvalue weighted by molar-refractivity contribution is -0.152. The van der Waals surface area contributed by atoms with Gasteiger partial charge in [-0.25, -0.2) is 9.18 Å². The predicted octanol–water partition coefficient (Wildman–Crippen LogP) is 8.48. The Morgan fingerprint density at radius 1 is 0.821 bits per heavy atom. The quantitative estimate of drug-likeness (QED) is 0.124. The number of hydrogen-bond donors (Lipinski definition) is 0. The minimum atomic E-state index is -1.42. The van der Waals surface area contributed by atoms with Crippen molar-refractivity contribution in [3.8, 4) is 0 Å². The van der Waals surface area contributed by atoms with Crippen molar-refractivity contribution < 1.29 is 13.9 Å². The zero-order valence-corrected chi connectivity index (χ0v) is 19.3. The maximum atomic E-state index is 15.6. The Hall–Kier alpha value is -0.860. The van der Waals surface area contributed by atoms with Crippen molar-refractivity contribution in [1.29, 1.82) is 0 Å². The molecule has 2 unspecified atom stereocenters. The molecule has 0 rings (SSSR count). The molecule has 0 N–H and O–H groups in total. The second-order valence-electron chi connectivity index (χ2n) is 8.61. The highest BCUT2D eigenvalue weighted by Gasteiger charge is 2.37. The van der Waals surface area contributed by atoms with Crippen LogP contribution in [0.3, 0.4) is 0 Å². The van der Waals surface area contributed by atoms with E-state index in [-0.39, 0.29) is 0 Å². The fourth-order valence-corrected chi connectivity index (χ4v) is 3.65. The first-order valence-electron chi connectivity index (χ1n) is 11.9. The van der Waals surface area contributed by atoms with Crippen LogP contribution in [0.2, 0.25) is 0 Å². The number of alkyl halides is 1. The molecule has 2 atom stereocenters. The molecular weight excluding hydrogens is 351 g/mol. The van der Waals surface area contributed by atoms with Gasteiger partial charge in [0.1, 0.15) is 11.8 Å². The van der Waals surface area contributed by atoms with Crippen LogP contribution in [-0.4, -0.2) is 17.7 Å². The van der Waals surface area contributed by atoms with Crippen LogP contribution in [0, 0.1) is 0 Å². The Morgan fingerprint density at radius 3 is 1.61 bits per heavy atom. The monoisotopic (exact) mass is 398 g/mol. The molecule has 0 aliphatic carbocycles.